The van der Waals surface area contributed by atoms with E-state index in [0.717, 1.165) is 20.6 Å². The topological polar surface area (TPSA) is 105 Å². The van der Waals surface area contributed by atoms with E-state index >= 15 is 0 Å². The number of H-pyrrole nitrogens is 1. The average Bonchev–Trinajstić information content (AvgIpc) is 3.24. The number of halogens is 1. The van der Waals surface area contributed by atoms with Gasteiger partial charge in [0.15, 0.2) is 0 Å². The molecule has 0 aliphatic rings. The third-order valence-electron chi connectivity index (χ3n) is 4.33. The monoisotopic (exact) mass is 416 g/mol. The van der Waals surface area contributed by atoms with Crippen molar-refractivity contribution in [3.05, 3.63) is 78.7 Å². The summed E-state index contributed by atoms with van der Waals surface area (Å²) in [6.45, 7) is 1.70. The second kappa shape index (κ2) is 6.81. The first-order chi connectivity index (χ1) is 13.3. The summed E-state index contributed by atoms with van der Waals surface area (Å²) in [6, 6.07) is 9.82. The molecule has 1 aromatic carbocycles. The molecule has 0 bridgehead atoms. The Morgan fingerprint density at radius 1 is 1.21 bits per heavy atom. The number of carboxylic acids is 1. The molecule has 0 aliphatic heterocycles. The SMILES string of the molecule is Cc1sc2[nH]c(=O)n(Cc3ccc(C(=O)O)o3)c(=O)c2c1-c1ccc(Cl)cc1. The van der Waals surface area contributed by atoms with Crippen molar-refractivity contribution in [2.24, 2.45) is 0 Å². The second-order valence-corrected chi connectivity index (χ2v) is 7.80. The molecule has 28 heavy (non-hydrogen) atoms. The molecule has 0 aliphatic carbocycles. The van der Waals surface area contributed by atoms with Crippen LogP contribution in [-0.4, -0.2) is 20.6 Å². The molecule has 3 heterocycles. The first kappa shape index (κ1) is 18.3. The third-order valence-corrected chi connectivity index (χ3v) is 5.60. The Morgan fingerprint density at radius 3 is 2.57 bits per heavy atom. The van der Waals surface area contributed by atoms with E-state index in [0.29, 0.717) is 15.2 Å². The summed E-state index contributed by atoms with van der Waals surface area (Å²) in [4.78, 5) is 40.6. The minimum atomic E-state index is -1.22. The van der Waals surface area contributed by atoms with Gasteiger partial charge in [-0.25, -0.2) is 9.59 Å². The largest absolute Gasteiger partial charge is 0.475 e. The van der Waals surface area contributed by atoms with E-state index < -0.39 is 17.2 Å². The van der Waals surface area contributed by atoms with Gasteiger partial charge in [0.2, 0.25) is 5.76 Å². The minimum absolute atomic E-state index is 0.174. The highest BCUT2D eigenvalue weighted by molar-refractivity contribution is 7.19. The lowest BCUT2D eigenvalue weighted by atomic mass is 10.0. The Morgan fingerprint density at radius 2 is 1.93 bits per heavy atom. The maximum absolute atomic E-state index is 13.1. The second-order valence-electron chi connectivity index (χ2n) is 6.14. The van der Waals surface area contributed by atoms with Crippen LogP contribution in [0.1, 0.15) is 21.2 Å². The molecule has 0 saturated carbocycles. The molecule has 9 heteroatoms. The van der Waals surface area contributed by atoms with Gasteiger partial charge in [0.25, 0.3) is 5.56 Å². The van der Waals surface area contributed by atoms with Gasteiger partial charge >= 0.3 is 11.7 Å². The van der Waals surface area contributed by atoms with Crippen molar-refractivity contribution in [3.8, 4) is 11.1 Å². The molecule has 142 valence electrons. The number of hydrogen-bond acceptors (Lipinski definition) is 5. The zero-order valence-corrected chi connectivity index (χ0v) is 16.1. The van der Waals surface area contributed by atoms with E-state index in [1.54, 1.807) is 12.1 Å². The summed E-state index contributed by atoms with van der Waals surface area (Å²) < 4.78 is 6.18. The molecule has 0 saturated heterocycles. The fraction of sp³-hybridized carbons (Fsp3) is 0.105. The summed E-state index contributed by atoms with van der Waals surface area (Å²) in [5.41, 5.74) is 0.489. The molecule has 0 amide bonds. The van der Waals surface area contributed by atoms with Crippen molar-refractivity contribution >= 4 is 39.1 Å². The molecular weight excluding hydrogens is 404 g/mol. The molecule has 0 fully saturated rings. The molecule has 4 rings (SSSR count). The van der Waals surface area contributed by atoms with Gasteiger partial charge < -0.3 is 9.52 Å². The van der Waals surface area contributed by atoms with Crippen LogP contribution in [0, 0.1) is 6.92 Å². The first-order valence-corrected chi connectivity index (χ1v) is 9.38. The summed E-state index contributed by atoms with van der Waals surface area (Å²) in [5, 5.41) is 9.94. The number of carbonyl (C=O) groups is 1. The number of aromatic carboxylic acids is 1. The minimum Gasteiger partial charge on any atom is -0.475 e. The maximum Gasteiger partial charge on any atom is 0.371 e. The Labute approximate surface area is 166 Å². The van der Waals surface area contributed by atoms with Crippen LogP contribution < -0.4 is 11.2 Å². The summed E-state index contributed by atoms with van der Waals surface area (Å²) >= 11 is 7.29. The van der Waals surface area contributed by atoms with Gasteiger partial charge in [0, 0.05) is 15.5 Å². The number of nitrogens with zero attached hydrogens (tertiary/aromatic N) is 1. The molecule has 2 N–H and O–H groups in total. The lowest BCUT2D eigenvalue weighted by molar-refractivity contribution is 0.0660. The van der Waals surface area contributed by atoms with E-state index in [1.807, 2.05) is 19.1 Å². The van der Waals surface area contributed by atoms with Crippen LogP contribution >= 0.6 is 22.9 Å². The number of furan rings is 1. The zero-order chi connectivity index (χ0) is 20.0. The van der Waals surface area contributed by atoms with E-state index in [1.165, 1.54) is 23.5 Å². The van der Waals surface area contributed by atoms with Crippen LogP contribution in [0.2, 0.25) is 5.02 Å². The molecule has 0 spiro atoms. The fourth-order valence-electron chi connectivity index (χ4n) is 3.07. The Balaban J connectivity index is 1.90. The standard InChI is InChI=1S/C19H13ClN2O5S/c1-9-14(10-2-4-11(20)5-3-10)15-16(28-9)21-19(26)22(17(15)23)8-12-6-7-13(27-12)18(24)25/h2-7H,8H2,1H3,(H,21,26)(H,24,25). The van der Waals surface area contributed by atoms with Crippen LogP contribution in [0.4, 0.5) is 0 Å². The number of aromatic nitrogens is 2. The van der Waals surface area contributed by atoms with Gasteiger partial charge in [-0.15, -0.1) is 11.3 Å². The highest BCUT2D eigenvalue weighted by Gasteiger charge is 2.19. The van der Waals surface area contributed by atoms with E-state index in [2.05, 4.69) is 4.98 Å². The lowest BCUT2D eigenvalue weighted by Crippen LogP contribution is -2.35. The van der Waals surface area contributed by atoms with Crippen molar-refractivity contribution in [1.29, 1.82) is 0 Å². The molecule has 0 unspecified atom stereocenters. The van der Waals surface area contributed by atoms with E-state index in [4.69, 9.17) is 21.1 Å². The maximum atomic E-state index is 13.1. The normalized spacial score (nSPS) is 11.2. The average molecular weight is 417 g/mol. The number of nitrogens with one attached hydrogen (secondary N) is 1. The molecule has 7 nitrogen and oxygen atoms in total. The number of carboxylic acid groups (broad SMARTS) is 1. The summed E-state index contributed by atoms with van der Waals surface area (Å²) in [6.07, 6.45) is 0. The third kappa shape index (κ3) is 3.06. The van der Waals surface area contributed by atoms with Crippen molar-refractivity contribution in [1.82, 2.24) is 9.55 Å². The predicted octanol–water partition coefficient (Wildman–Crippen LogP) is 3.72. The van der Waals surface area contributed by atoms with Gasteiger partial charge in [0.05, 0.1) is 11.9 Å². The Bertz CT molecular complexity index is 1330. The van der Waals surface area contributed by atoms with Gasteiger partial charge in [-0.3, -0.25) is 14.3 Å². The van der Waals surface area contributed by atoms with Crippen molar-refractivity contribution in [2.45, 2.75) is 13.5 Å². The molecule has 0 atom stereocenters. The van der Waals surface area contributed by atoms with Gasteiger partial charge in [-0.05, 0) is 36.8 Å². The van der Waals surface area contributed by atoms with Crippen molar-refractivity contribution < 1.29 is 14.3 Å². The number of thiophene rings is 1. The van der Waals surface area contributed by atoms with E-state index in [9.17, 15) is 14.4 Å². The Hall–Kier alpha value is -3.10. The number of aryl methyl sites for hydroxylation is 1. The highest BCUT2D eigenvalue weighted by atomic mass is 35.5. The molecule has 3 aromatic heterocycles. The van der Waals surface area contributed by atoms with Gasteiger partial charge in [0.1, 0.15) is 10.6 Å². The molecule has 0 radical (unpaired) electrons. The molecule has 4 aromatic rings. The van der Waals surface area contributed by atoms with Crippen molar-refractivity contribution in [3.63, 3.8) is 0 Å². The van der Waals surface area contributed by atoms with Crippen molar-refractivity contribution in [2.75, 3.05) is 0 Å². The number of rotatable bonds is 4. The highest BCUT2D eigenvalue weighted by Crippen LogP contribution is 2.35. The lowest BCUT2D eigenvalue weighted by Gasteiger charge is -2.05. The van der Waals surface area contributed by atoms with Crippen LogP contribution in [0.25, 0.3) is 21.3 Å². The number of benzene rings is 1. The van der Waals surface area contributed by atoms with Crippen LogP contribution in [0.3, 0.4) is 0 Å². The van der Waals surface area contributed by atoms with Crippen LogP contribution in [0.5, 0.6) is 0 Å². The quantitative estimate of drug-likeness (QED) is 0.527. The summed E-state index contributed by atoms with van der Waals surface area (Å²) in [5.74, 6) is -1.28. The van der Waals surface area contributed by atoms with Crippen LogP contribution in [-0.2, 0) is 6.54 Å². The summed E-state index contributed by atoms with van der Waals surface area (Å²) in [7, 11) is 0. The first-order valence-electron chi connectivity index (χ1n) is 8.19. The molecular formula is C19H13ClN2O5S. The van der Waals surface area contributed by atoms with Crippen LogP contribution in [0.15, 0.2) is 50.4 Å². The zero-order valence-electron chi connectivity index (χ0n) is 14.5. The predicted molar refractivity (Wildman–Crippen MR) is 107 cm³/mol. The number of fused-ring (bicyclic) bond motifs is 1. The van der Waals surface area contributed by atoms with Gasteiger partial charge in [-0.1, -0.05) is 23.7 Å². The Kier molecular flexibility index (Phi) is 4.44. The number of hydrogen-bond donors (Lipinski definition) is 2. The smallest absolute Gasteiger partial charge is 0.371 e. The number of aromatic amines is 1. The van der Waals surface area contributed by atoms with E-state index in [-0.39, 0.29) is 18.1 Å². The fourth-order valence-corrected chi connectivity index (χ4v) is 4.25. The van der Waals surface area contributed by atoms with Gasteiger partial charge in [-0.2, -0.15) is 0 Å².